The van der Waals surface area contributed by atoms with Crippen molar-refractivity contribution >= 4 is 15.6 Å². The number of hydrogen-bond acceptors (Lipinski definition) is 6. The quantitative estimate of drug-likeness (QED) is 0.411. The molecule has 1 aromatic heterocycles. The molecule has 0 fully saturated rings. The Bertz CT molecular complexity index is 390. The van der Waals surface area contributed by atoms with Gasteiger partial charge in [0.05, 0.1) is 0 Å². The fourth-order valence-electron chi connectivity index (χ4n) is 0.556. The van der Waals surface area contributed by atoms with Crippen LogP contribution in [-0.4, -0.2) is 35.0 Å². The van der Waals surface area contributed by atoms with Crippen LogP contribution in [0.2, 0.25) is 0 Å². The van der Waals surface area contributed by atoms with Crippen molar-refractivity contribution in [3.05, 3.63) is 0 Å². The van der Waals surface area contributed by atoms with Crippen LogP contribution in [0.15, 0.2) is 0 Å². The van der Waals surface area contributed by atoms with Gasteiger partial charge in [0.25, 0.3) is 0 Å². The van der Waals surface area contributed by atoms with Gasteiger partial charge in [-0.25, -0.2) is 9.13 Å². The highest BCUT2D eigenvalue weighted by molar-refractivity contribution is 7.47. The third kappa shape index (κ3) is 4.38. The molecular weight excluding hydrogens is 256 g/mol. The van der Waals surface area contributed by atoms with E-state index in [1.165, 1.54) is 0 Å². The molecule has 0 atom stereocenters. The molecule has 13 heteroatoms. The van der Waals surface area contributed by atoms with Gasteiger partial charge in [0.2, 0.25) is 0 Å². The molecule has 0 aliphatic rings. The molecule has 5 N–H and O–H groups in total. The molecule has 0 saturated heterocycles. The molecule has 1 aromatic rings. The summed E-state index contributed by atoms with van der Waals surface area (Å²) in [5, 5.41) is 7.94. The number of aromatic nitrogens is 3. The van der Waals surface area contributed by atoms with E-state index in [9.17, 15) is 9.13 Å². The molecule has 0 bridgehead atoms. The van der Waals surface area contributed by atoms with Crippen molar-refractivity contribution < 1.29 is 37.8 Å². The Hall–Kier alpha value is -0.960. The normalized spacial score (nSPS) is 12.5. The van der Waals surface area contributed by atoms with Gasteiger partial charge in [-0.05, 0) is 0 Å². The minimum absolute atomic E-state index is 0.855. The summed E-state index contributed by atoms with van der Waals surface area (Å²) in [6.45, 7) is 0. The van der Waals surface area contributed by atoms with E-state index in [1.54, 1.807) is 5.21 Å². The van der Waals surface area contributed by atoms with Crippen LogP contribution in [0, 0.1) is 0 Å². The van der Waals surface area contributed by atoms with E-state index in [0.29, 0.717) is 0 Å². The van der Waals surface area contributed by atoms with Gasteiger partial charge in [-0.1, -0.05) is 0 Å². The second-order valence-electron chi connectivity index (χ2n) is 2.10. The van der Waals surface area contributed by atoms with E-state index in [-0.39, 0.29) is 0 Å². The van der Waals surface area contributed by atoms with Crippen LogP contribution in [0.25, 0.3) is 0 Å². The Morgan fingerprint density at radius 2 is 1.27 bits per heavy atom. The fourth-order valence-corrected chi connectivity index (χ4v) is 1.24. The predicted molar refractivity (Wildman–Crippen MR) is 41.7 cm³/mol. The molecule has 0 radical (unpaired) electrons. The smallest absolute Gasteiger partial charge is 0.378 e. The predicted octanol–water partition coefficient (Wildman–Crippen LogP) is -1.25. The van der Waals surface area contributed by atoms with E-state index < -0.39 is 27.4 Å². The van der Waals surface area contributed by atoms with Gasteiger partial charge in [-0.3, -0.25) is 19.6 Å². The Kier molecular flexibility index (Phi) is 3.14. The first-order valence-corrected chi connectivity index (χ1v) is 6.14. The van der Waals surface area contributed by atoms with Gasteiger partial charge in [-0.2, -0.15) is 5.21 Å². The van der Waals surface area contributed by atoms with Gasteiger partial charge in [-0.15, -0.1) is 10.2 Å². The number of hydrogen-bond donors (Lipinski definition) is 5. The molecule has 0 saturated carbocycles. The lowest BCUT2D eigenvalue weighted by atomic mass is 10.8. The molecule has 15 heavy (non-hydrogen) atoms. The number of nitrogens with one attached hydrogen (secondary N) is 1. The van der Waals surface area contributed by atoms with Crippen molar-refractivity contribution in [3.63, 3.8) is 0 Å². The van der Waals surface area contributed by atoms with Gasteiger partial charge < -0.3 is 9.05 Å². The first-order chi connectivity index (χ1) is 6.67. The molecule has 0 amide bonds. The van der Waals surface area contributed by atoms with Gasteiger partial charge in [0.1, 0.15) is 0 Å². The Labute approximate surface area is 81.5 Å². The summed E-state index contributed by atoms with van der Waals surface area (Å²) in [5.41, 5.74) is 0. The van der Waals surface area contributed by atoms with Crippen LogP contribution in [-0.2, 0) is 9.13 Å². The number of H-pyrrole nitrogens is 1. The summed E-state index contributed by atoms with van der Waals surface area (Å²) in [7, 11) is -9.80. The van der Waals surface area contributed by atoms with E-state index in [4.69, 9.17) is 19.6 Å². The van der Waals surface area contributed by atoms with E-state index >= 15 is 0 Å². The lowest BCUT2D eigenvalue weighted by Gasteiger charge is -2.06. The highest BCUT2D eigenvalue weighted by Gasteiger charge is 2.27. The largest absolute Gasteiger partial charge is 0.526 e. The monoisotopic (exact) mass is 261 g/mol. The average molecular weight is 261 g/mol. The number of phosphoric acid groups is 2. The first kappa shape index (κ1) is 12.1. The molecular formula is C2H5N3O8P2. The Morgan fingerprint density at radius 3 is 1.53 bits per heavy atom. The summed E-state index contributed by atoms with van der Waals surface area (Å²) in [5.74, 6) is -1.71. The number of phosphoric ester groups is 2. The molecule has 0 unspecified atom stereocenters. The van der Waals surface area contributed by atoms with E-state index in [2.05, 4.69) is 19.2 Å². The molecule has 11 nitrogen and oxygen atoms in total. The SMILES string of the molecule is O=P(O)(O)Oc1n[nH]nc1OP(=O)(O)O. The number of aromatic amines is 1. The second-order valence-corrected chi connectivity index (χ2v) is 4.43. The van der Waals surface area contributed by atoms with Crippen LogP contribution in [0.5, 0.6) is 11.8 Å². The van der Waals surface area contributed by atoms with Crippen LogP contribution in [0.1, 0.15) is 0 Å². The van der Waals surface area contributed by atoms with Crippen molar-refractivity contribution in [1.82, 2.24) is 15.4 Å². The summed E-state index contributed by atoms with van der Waals surface area (Å²) in [6.07, 6.45) is 0. The summed E-state index contributed by atoms with van der Waals surface area (Å²) in [6, 6.07) is 0. The summed E-state index contributed by atoms with van der Waals surface area (Å²) in [4.78, 5) is 33.5. The van der Waals surface area contributed by atoms with Crippen LogP contribution >= 0.6 is 15.6 Å². The van der Waals surface area contributed by atoms with Crippen molar-refractivity contribution in [2.75, 3.05) is 0 Å². The Morgan fingerprint density at radius 1 is 0.933 bits per heavy atom. The van der Waals surface area contributed by atoms with Gasteiger partial charge in [0, 0.05) is 0 Å². The van der Waals surface area contributed by atoms with Crippen LogP contribution in [0.3, 0.4) is 0 Å². The van der Waals surface area contributed by atoms with E-state index in [1.807, 2.05) is 0 Å². The zero-order chi connectivity index (χ0) is 11.7. The molecule has 0 aliphatic heterocycles. The van der Waals surface area contributed by atoms with Crippen molar-refractivity contribution in [2.45, 2.75) is 0 Å². The molecule has 0 spiro atoms. The molecule has 1 rings (SSSR count). The standard InChI is InChI=1S/C2H5N3O8P2/c6-14(7,8)12-1-2(4-5-3-1)13-15(9,10)11/h(H,3,4,5)(H2,6,7,8)(H2,9,10,11). The minimum Gasteiger partial charge on any atom is -0.378 e. The highest BCUT2D eigenvalue weighted by atomic mass is 31.2. The molecule has 86 valence electrons. The zero-order valence-electron chi connectivity index (χ0n) is 6.71. The summed E-state index contributed by atoms with van der Waals surface area (Å²) < 4.78 is 28.5. The molecule has 0 aliphatic carbocycles. The Balaban J connectivity index is 2.88. The zero-order valence-corrected chi connectivity index (χ0v) is 8.50. The van der Waals surface area contributed by atoms with Crippen molar-refractivity contribution in [1.29, 1.82) is 0 Å². The van der Waals surface area contributed by atoms with Crippen LogP contribution in [0.4, 0.5) is 0 Å². The second kappa shape index (κ2) is 3.89. The molecule has 1 heterocycles. The third-order valence-corrected chi connectivity index (χ3v) is 1.72. The van der Waals surface area contributed by atoms with Gasteiger partial charge in [0.15, 0.2) is 0 Å². The molecule has 0 aromatic carbocycles. The highest BCUT2D eigenvalue weighted by Crippen LogP contribution is 2.44. The number of rotatable bonds is 4. The minimum atomic E-state index is -4.90. The maximum Gasteiger partial charge on any atom is 0.526 e. The fraction of sp³-hybridized carbons (Fsp3) is 0. The number of nitrogens with zero attached hydrogens (tertiary/aromatic N) is 2. The van der Waals surface area contributed by atoms with Crippen LogP contribution < -0.4 is 9.05 Å². The van der Waals surface area contributed by atoms with Crippen molar-refractivity contribution in [3.8, 4) is 11.8 Å². The van der Waals surface area contributed by atoms with E-state index in [0.717, 1.165) is 0 Å². The average Bonchev–Trinajstić information content (AvgIpc) is 2.29. The van der Waals surface area contributed by atoms with Gasteiger partial charge >= 0.3 is 27.4 Å². The summed E-state index contributed by atoms with van der Waals surface area (Å²) >= 11 is 0. The lowest BCUT2D eigenvalue weighted by Crippen LogP contribution is -1.95. The maximum absolute atomic E-state index is 10.4. The topological polar surface area (TPSA) is 175 Å². The van der Waals surface area contributed by atoms with Crippen molar-refractivity contribution in [2.24, 2.45) is 0 Å². The maximum atomic E-state index is 10.4. The first-order valence-electron chi connectivity index (χ1n) is 3.08. The lowest BCUT2D eigenvalue weighted by molar-refractivity contribution is 0.259. The third-order valence-electron chi connectivity index (χ3n) is 0.897.